The van der Waals surface area contributed by atoms with E-state index < -0.39 is 21.8 Å². The molecular formula is C13H18ClNO4S. The van der Waals surface area contributed by atoms with E-state index in [4.69, 9.17) is 5.11 Å². The van der Waals surface area contributed by atoms with Gasteiger partial charge in [0.15, 0.2) is 9.84 Å². The highest BCUT2D eigenvalue weighted by atomic mass is 35.5. The lowest BCUT2D eigenvalue weighted by Gasteiger charge is -2.20. The van der Waals surface area contributed by atoms with Crippen LogP contribution in [-0.2, 0) is 14.6 Å². The Morgan fingerprint density at radius 3 is 2.55 bits per heavy atom. The Labute approximate surface area is 124 Å². The SMILES string of the molecule is Cl.O=C(O)C1CCCN1CCS(=O)(=O)c1ccccc1. The maximum absolute atomic E-state index is 12.1. The topological polar surface area (TPSA) is 74.7 Å². The van der Waals surface area contributed by atoms with Gasteiger partial charge in [-0.3, -0.25) is 9.69 Å². The van der Waals surface area contributed by atoms with Gasteiger partial charge >= 0.3 is 5.97 Å². The van der Waals surface area contributed by atoms with Crippen LogP contribution in [0.25, 0.3) is 0 Å². The minimum atomic E-state index is -3.33. The van der Waals surface area contributed by atoms with E-state index in [1.54, 1.807) is 35.2 Å². The zero-order chi connectivity index (χ0) is 13.9. The molecule has 1 heterocycles. The molecule has 1 unspecified atom stereocenters. The molecule has 1 aliphatic heterocycles. The molecule has 1 saturated heterocycles. The van der Waals surface area contributed by atoms with E-state index in [0.717, 1.165) is 6.42 Å². The molecule has 0 amide bonds. The Kier molecular flexibility index (Phi) is 5.98. The van der Waals surface area contributed by atoms with Crippen molar-refractivity contribution in [2.45, 2.75) is 23.8 Å². The summed E-state index contributed by atoms with van der Waals surface area (Å²) in [6.07, 6.45) is 1.41. The van der Waals surface area contributed by atoms with Crippen LogP contribution in [0.5, 0.6) is 0 Å². The second-order valence-corrected chi connectivity index (χ2v) is 6.77. The quantitative estimate of drug-likeness (QED) is 0.888. The molecular weight excluding hydrogens is 302 g/mol. The van der Waals surface area contributed by atoms with Gasteiger partial charge in [-0.05, 0) is 31.5 Å². The van der Waals surface area contributed by atoms with E-state index in [2.05, 4.69) is 0 Å². The van der Waals surface area contributed by atoms with E-state index in [1.807, 2.05) is 0 Å². The van der Waals surface area contributed by atoms with Gasteiger partial charge in [0.05, 0.1) is 10.6 Å². The van der Waals surface area contributed by atoms with Gasteiger partial charge in [0.1, 0.15) is 6.04 Å². The number of nitrogens with zero attached hydrogens (tertiary/aromatic N) is 1. The first-order valence-corrected chi connectivity index (χ1v) is 7.90. The smallest absolute Gasteiger partial charge is 0.320 e. The average Bonchev–Trinajstić information content (AvgIpc) is 2.86. The lowest BCUT2D eigenvalue weighted by molar-refractivity contribution is -0.142. The number of rotatable bonds is 5. The minimum Gasteiger partial charge on any atom is -0.480 e. The largest absolute Gasteiger partial charge is 0.480 e. The lowest BCUT2D eigenvalue weighted by Crippen LogP contribution is -2.38. The van der Waals surface area contributed by atoms with Gasteiger partial charge in [-0.15, -0.1) is 12.4 Å². The van der Waals surface area contributed by atoms with Crippen LogP contribution in [-0.4, -0.2) is 49.3 Å². The fourth-order valence-electron chi connectivity index (χ4n) is 2.36. The number of sulfone groups is 1. The molecule has 1 atom stereocenters. The molecule has 0 saturated carbocycles. The first-order chi connectivity index (χ1) is 9.00. The molecule has 0 aromatic heterocycles. The van der Waals surface area contributed by atoms with E-state index in [-0.39, 0.29) is 24.7 Å². The van der Waals surface area contributed by atoms with E-state index in [1.165, 1.54) is 0 Å². The predicted octanol–water partition coefficient (Wildman–Crippen LogP) is 1.43. The number of benzene rings is 1. The molecule has 5 nitrogen and oxygen atoms in total. The number of likely N-dealkylation sites (tertiary alicyclic amines) is 1. The van der Waals surface area contributed by atoms with Crippen LogP contribution < -0.4 is 0 Å². The van der Waals surface area contributed by atoms with Crippen molar-refractivity contribution in [2.24, 2.45) is 0 Å². The Hall–Kier alpha value is -1.11. The summed E-state index contributed by atoms with van der Waals surface area (Å²) in [7, 11) is -3.33. The third-order valence-electron chi connectivity index (χ3n) is 3.40. The third-order valence-corrected chi connectivity index (χ3v) is 5.11. The van der Waals surface area contributed by atoms with Gasteiger partial charge in [0.25, 0.3) is 0 Å². The van der Waals surface area contributed by atoms with Crippen molar-refractivity contribution in [1.29, 1.82) is 0 Å². The van der Waals surface area contributed by atoms with Crippen LogP contribution in [0.15, 0.2) is 35.2 Å². The Morgan fingerprint density at radius 2 is 1.95 bits per heavy atom. The van der Waals surface area contributed by atoms with Crippen molar-refractivity contribution in [3.8, 4) is 0 Å². The van der Waals surface area contributed by atoms with Gasteiger partial charge in [-0.1, -0.05) is 18.2 Å². The number of carboxylic acids is 1. The van der Waals surface area contributed by atoms with Crippen LogP contribution in [0.1, 0.15) is 12.8 Å². The summed E-state index contributed by atoms with van der Waals surface area (Å²) in [5.41, 5.74) is 0. The number of hydrogen-bond donors (Lipinski definition) is 1. The molecule has 1 aromatic rings. The van der Waals surface area contributed by atoms with Crippen LogP contribution >= 0.6 is 12.4 Å². The summed E-state index contributed by atoms with van der Waals surface area (Å²) in [6.45, 7) is 0.926. The van der Waals surface area contributed by atoms with E-state index in [0.29, 0.717) is 17.9 Å². The molecule has 0 radical (unpaired) electrons. The van der Waals surface area contributed by atoms with Gasteiger partial charge in [-0.25, -0.2) is 8.42 Å². The highest BCUT2D eigenvalue weighted by molar-refractivity contribution is 7.91. The summed E-state index contributed by atoms with van der Waals surface area (Å²) in [4.78, 5) is 13.0. The van der Waals surface area contributed by atoms with Crippen LogP contribution in [0, 0.1) is 0 Å². The number of carbonyl (C=O) groups is 1. The number of carboxylic acid groups (broad SMARTS) is 1. The van der Waals surface area contributed by atoms with Gasteiger partial charge in [-0.2, -0.15) is 0 Å². The molecule has 0 bridgehead atoms. The Bertz CT molecular complexity index is 547. The molecule has 1 aliphatic rings. The molecule has 1 N–H and O–H groups in total. The zero-order valence-corrected chi connectivity index (χ0v) is 12.6. The standard InChI is InChI=1S/C13H17NO4S.ClH/c15-13(16)12-7-4-8-14(12)9-10-19(17,18)11-5-2-1-3-6-11;/h1-3,5-6,12H,4,7-10H2,(H,15,16);1H. The van der Waals surface area contributed by atoms with Crippen molar-refractivity contribution in [3.05, 3.63) is 30.3 Å². The van der Waals surface area contributed by atoms with Crippen molar-refractivity contribution in [1.82, 2.24) is 4.90 Å². The highest BCUT2D eigenvalue weighted by Gasteiger charge is 2.31. The molecule has 20 heavy (non-hydrogen) atoms. The molecule has 1 aromatic carbocycles. The molecule has 0 aliphatic carbocycles. The fraction of sp³-hybridized carbons (Fsp3) is 0.462. The number of hydrogen-bond acceptors (Lipinski definition) is 4. The zero-order valence-electron chi connectivity index (χ0n) is 10.9. The molecule has 0 spiro atoms. The maximum atomic E-state index is 12.1. The monoisotopic (exact) mass is 319 g/mol. The Balaban J connectivity index is 0.00000200. The summed E-state index contributed by atoms with van der Waals surface area (Å²) >= 11 is 0. The lowest BCUT2D eigenvalue weighted by atomic mass is 10.2. The van der Waals surface area contributed by atoms with Gasteiger partial charge in [0, 0.05) is 6.54 Å². The normalized spacial score (nSPS) is 19.5. The fourth-order valence-corrected chi connectivity index (χ4v) is 3.64. The summed E-state index contributed by atoms with van der Waals surface area (Å²) in [5, 5.41) is 9.04. The summed E-state index contributed by atoms with van der Waals surface area (Å²) in [6, 6.07) is 7.72. The number of aliphatic carboxylic acids is 1. The second kappa shape index (κ2) is 7.06. The van der Waals surface area contributed by atoms with Crippen LogP contribution in [0.2, 0.25) is 0 Å². The molecule has 1 fully saturated rings. The van der Waals surface area contributed by atoms with Crippen molar-refractivity contribution < 1.29 is 18.3 Å². The van der Waals surface area contributed by atoms with Crippen LogP contribution in [0.4, 0.5) is 0 Å². The maximum Gasteiger partial charge on any atom is 0.320 e. The highest BCUT2D eigenvalue weighted by Crippen LogP contribution is 2.18. The molecule has 112 valence electrons. The molecule has 7 heteroatoms. The van der Waals surface area contributed by atoms with Crippen LogP contribution in [0.3, 0.4) is 0 Å². The van der Waals surface area contributed by atoms with Gasteiger partial charge in [0.2, 0.25) is 0 Å². The first-order valence-electron chi connectivity index (χ1n) is 6.25. The van der Waals surface area contributed by atoms with E-state index in [9.17, 15) is 13.2 Å². The first kappa shape index (κ1) is 16.9. The predicted molar refractivity (Wildman–Crippen MR) is 78.0 cm³/mol. The minimum absolute atomic E-state index is 0. The summed E-state index contributed by atoms with van der Waals surface area (Å²) < 4.78 is 24.2. The van der Waals surface area contributed by atoms with Crippen molar-refractivity contribution in [3.63, 3.8) is 0 Å². The van der Waals surface area contributed by atoms with Crippen molar-refractivity contribution in [2.75, 3.05) is 18.8 Å². The molecule has 2 rings (SSSR count). The average molecular weight is 320 g/mol. The second-order valence-electron chi connectivity index (χ2n) is 4.66. The third kappa shape index (κ3) is 3.94. The van der Waals surface area contributed by atoms with Crippen molar-refractivity contribution >= 4 is 28.2 Å². The number of halogens is 1. The Morgan fingerprint density at radius 1 is 1.30 bits per heavy atom. The summed E-state index contributed by atoms with van der Waals surface area (Å²) in [5.74, 6) is -0.907. The van der Waals surface area contributed by atoms with Gasteiger partial charge < -0.3 is 5.11 Å². The van der Waals surface area contributed by atoms with E-state index >= 15 is 0 Å².